The number of nitrogens with zero attached hydrogens (tertiary/aromatic N) is 30. The molecule has 7 aliphatic rings. The van der Waals surface area contributed by atoms with Gasteiger partial charge in [-0.3, -0.25) is 47.9 Å². The maximum Gasteiger partial charge on any atom is 0.340 e. The van der Waals surface area contributed by atoms with E-state index >= 15 is 42.1 Å². The molecule has 56 nitrogen and oxygen atoms in total. The predicted octanol–water partition coefficient (Wildman–Crippen LogP) is 15.5. The van der Waals surface area contributed by atoms with E-state index in [1.807, 2.05) is 0 Å². The van der Waals surface area contributed by atoms with Crippen LogP contribution in [0.2, 0.25) is 0 Å². The van der Waals surface area contributed by atoms with Crippen LogP contribution in [0.4, 0.5) is 28.4 Å². The van der Waals surface area contributed by atoms with Crippen LogP contribution >= 0.6 is 0 Å². The molecule has 1 atom stereocenters. The van der Waals surface area contributed by atoms with Gasteiger partial charge >= 0.3 is 50.6 Å². The van der Waals surface area contributed by atoms with Crippen LogP contribution in [0.25, 0.3) is 129 Å². The highest BCUT2D eigenvalue weighted by Crippen LogP contribution is 2.72. The van der Waals surface area contributed by atoms with Crippen LogP contribution in [0, 0.1) is 0 Å². The number of azide groups is 10. The van der Waals surface area contributed by atoms with Crippen LogP contribution in [0.15, 0.2) is 183 Å². The molecule has 0 saturated carbocycles. The van der Waals surface area contributed by atoms with Gasteiger partial charge in [-0.15, -0.1) is 0 Å². The number of carbonyl (C=O) groups excluding carboxylic acids is 10. The summed E-state index contributed by atoms with van der Waals surface area (Å²) in [6.45, 7) is 4.14. The van der Waals surface area contributed by atoms with Gasteiger partial charge in [-0.1, -0.05) is 170 Å². The Morgan fingerprint density at radius 2 is 0.492 bits per heavy atom. The lowest BCUT2D eigenvalue weighted by molar-refractivity contribution is -0.112. The molecule has 0 heterocycles. The predicted molar refractivity (Wildman–Crippen MR) is 442 cm³/mol. The summed E-state index contributed by atoms with van der Waals surface area (Å²) in [5.41, 5.74) is 62.2. The van der Waals surface area contributed by atoms with Crippen LogP contribution in [0.3, 0.4) is 0 Å². The zero-order chi connectivity index (χ0) is 96.1. The molecule has 0 aliphatic heterocycles. The molecular formula is C71H34N30O26S5. The standard InChI is InChI=1S/C71H34N30O26S5/c1-69(2)22-71(45-43(69)34(123-128(113,114)64-38-24(10-5-15-29(38)82-92-72)52(102)58(108)47(64)87-97-77)20-36(57(45)107)125-130(117,118)66-40-26(12-7-17-31(40)84-94-74)54(104)60(110)49(66)89-99-79)23-70(3,4)44-35(124-129(115,116)65-39-25(11-6-16-30(39)83-93-73)53(103)59(109)48(65)88-98-78)21-37(126-131(119,120)67-41-27(13-8-18-32(41)85-95-75)55(105)61(111)50(67)90-100-80)63(46(44)71)127-132(121,122)68-42-28(14-9-19-33(42)86-96-76)56(106)62(112)51(68)91-101-81/h5-21,107H,22-23H2,1-4H3. The summed E-state index contributed by atoms with van der Waals surface area (Å²) >= 11 is 0. The Labute approximate surface area is 729 Å². The van der Waals surface area contributed by atoms with Gasteiger partial charge in [0.2, 0.25) is 57.8 Å². The van der Waals surface area contributed by atoms with Gasteiger partial charge in [0.25, 0.3) is 0 Å². The average Bonchev–Trinajstić information content (AvgIpc) is 1.50. The fraction of sp³-hybridized carbons (Fsp3) is 0.127. The molecule has 61 heteroatoms. The fourth-order valence-corrected chi connectivity index (χ4v) is 22.9. The maximum atomic E-state index is 16.7. The Bertz CT molecular complexity index is 8310. The Kier molecular flexibility index (Phi) is 21.9. The van der Waals surface area contributed by atoms with Crippen molar-refractivity contribution in [3.63, 3.8) is 0 Å². The van der Waals surface area contributed by atoms with E-state index in [4.69, 9.17) is 20.9 Å². The first-order valence-corrected chi connectivity index (χ1v) is 42.6. The average molecular weight is 1880 g/mol. The van der Waals surface area contributed by atoms with Crippen molar-refractivity contribution in [3.8, 4) is 34.5 Å². The van der Waals surface area contributed by atoms with Crippen LogP contribution in [-0.4, -0.2) is 105 Å². The molecule has 0 saturated heterocycles. The second-order valence-electron chi connectivity index (χ2n) is 28.9. The van der Waals surface area contributed by atoms with E-state index in [0.29, 0.717) is 12.1 Å². The highest BCUT2D eigenvalue weighted by molar-refractivity contribution is 7.98. The second kappa shape index (κ2) is 32.2. The van der Waals surface area contributed by atoms with Gasteiger partial charge in [-0.2, -0.15) is 42.1 Å². The first-order valence-electron chi connectivity index (χ1n) is 35.6. The number of carbonyl (C=O) groups is 10. The minimum atomic E-state index is -6.85. The minimum absolute atomic E-state index is 0.0142. The van der Waals surface area contributed by atoms with E-state index in [0.717, 1.165) is 107 Å². The number of rotatable bonds is 25. The molecule has 0 bridgehead atoms. The first-order chi connectivity index (χ1) is 62.4. The molecule has 0 aromatic heterocycles. The van der Waals surface area contributed by atoms with Gasteiger partial charge < -0.3 is 26.0 Å². The van der Waals surface area contributed by atoms with Crippen LogP contribution < -0.4 is 20.9 Å². The highest BCUT2D eigenvalue weighted by atomic mass is 32.2. The third-order valence-corrected chi connectivity index (χ3v) is 27.2. The zero-order valence-electron chi connectivity index (χ0n) is 65.3. The lowest BCUT2D eigenvalue weighted by Gasteiger charge is -2.32. The van der Waals surface area contributed by atoms with Gasteiger partial charge in [-0.05, 0) is 79.0 Å². The van der Waals surface area contributed by atoms with Gasteiger partial charge in [0, 0.05) is 173 Å². The van der Waals surface area contributed by atoms with Crippen molar-refractivity contribution in [1.82, 2.24) is 0 Å². The molecule has 1 unspecified atom stereocenters. The molecule has 654 valence electrons. The number of phenolic OH excluding ortho intramolecular Hbond substituents is 1. The number of Topliss-reactive ketones (excluding diaryl/α,β-unsaturated/α-hetero) is 10. The summed E-state index contributed by atoms with van der Waals surface area (Å²) in [6, 6.07) is 12.5. The molecule has 1 N–H and O–H groups in total. The van der Waals surface area contributed by atoms with Gasteiger partial charge in [0.05, 0.1) is 0 Å². The molecular weight excluding hydrogens is 1850 g/mol. The Morgan fingerprint density at radius 3 is 0.735 bits per heavy atom. The SMILES string of the molecule is CC1(C)CC2(CC(C)(C)c3c(OS(=O)(=O)C4=C(N=[N+]=[N-])C(=O)C(=O)c5cccc(N=[N+]=[N-])c54)cc(OS(=O)(=O)C4=C(N=[N+]=[N-])C(=O)C(=O)c5cccc(N=[N+]=[N-])c54)c(OS(=O)(=O)C4=C(N=[N+]=[N-])C(=O)C(=O)c5cccc(N=[N+]=[N-])c54)c32)c2c(O)c(OS(=O)(=O)C3=C(N=[N+]=[N-])C(=O)C(=O)c4cccc(N=[N+]=[N-])c43)cc(OS(=O)(=O)C3=C(N=[N+]=[N-])C(=O)C(=O)c4cccc(N=[N+]=[N-])c43)c21. The molecule has 1 spiro atoms. The number of benzene rings is 7. The molecule has 7 aromatic rings. The number of phenols is 1. The Morgan fingerprint density at radius 1 is 0.280 bits per heavy atom. The number of aromatic hydroxyl groups is 1. The van der Waals surface area contributed by atoms with Crippen molar-refractivity contribution in [1.29, 1.82) is 0 Å². The quantitative estimate of drug-likeness (QED) is 0.0182. The maximum absolute atomic E-state index is 16.7. The van der Waals surface area contributed by atoms with E-state index in [2.05, 4.69) is 100 Å². The monoisotopic (exact) mass is 1880 g/mol. The van der Waals surface area contributed by atoms with Gasteiger partial charge in [0.15, 0.2) is 34.5 Å². The Balaban J connectivity index is 1.21. The number of hydrogen-bond donors (Lipinski definition) is 1. The zero-order valence-corrected chi connectivity index (χ0v) is 69.4. The lowest BCUT2D eigenvalue weighted by atomic mass is 9.72. The van der Waals surface area contributed by atoms with Crippen molar-refractivity contribution < 1.29 is 116 Å². The van der Waals surface area contributed by atoms with Crippen molar-refractivity contribution in [2.45, 2.75) is 56.8 Å². The van der Waals surface area contributed by atoms with E-state index in [9.17, 15) is 108 Å². The third kappa shape index (κ3) is 14.0. The van der Waals surface area contributed by atoms with Crippen LogP contribution in [0.5, 0.6) is 34.5 Å². The van der Waals surface area contributed by atoms with Gasteiger partial charge in [0.1, 0.15) is 53.0 Å². The summed E-state index contributed by atoms with van der Waals surface area (Å²) in [6.07, 6.45) is -2.47. The van der Waals surface area contributed by atoms with E-state index in [-0.39, 0.29) is 12.1 Å². The number of fused-ring (bicyclic) bond motifs is 9. The molecule has 0 radical (unpaired) electrons. The van der Waals surface area contributed by atoms with Crippen molar-refractivity contribution >= 4 is 161 Å². The largest absolute Gasteiger partial charge is 0.504 e. The smallest absolute Gasteiger partial charge is 0.340 e. The number of allylic oxidation sites excluding steroid dienone is 5. The summed E-state index contributed by atoms with van der Waals surface area (Å²) in [5, 5.41) is 46.8. The minimum Gasteiger partial charge on any atom is -0.504 e. The number of ketones is 10. The summed E-state index contributed by atoms with van der Waals surface area (Å²) in [5.74, 6) is -29.6. The normalized spacial score (nSPS) is 16.8. The lowest BCUT2D eigenvalue weighted by Crippen LogP contribution is -2.30. The van der Waals surface area contributed by atoms with Crippen molar-refractivity contribution in [2.24, 2.45) is 51.1 Å². The molecule has 7 aliphatic carbocycles. The molecule has 14 rings (SSSR count). The van der Waals surface area contributed by atoms with Crippen molar-refractivity contribution in [3.05, 3.63) is 314 Å². The second-order valence-corrected chi connectivity index (χ2v) is 36.3. The summed E-state index contributed by atoms with van der Waals surface area (Å²) < 4.78 is 193. The van der Waals surface area contributed by atoms with E-state index in [1.54, 1.807) is 0 Å². The molecule has 0 fully saturated rings. The van der Waals surface area contributed by atoms with E-state index in [1.165, 1.54) is 0 Å². The van der Waals surface area contributed by atoms with E-state index < -0.39 is 331 Å². The first kappa shape index (κ1) is 89.9. The molecule has 7 aromatic carbocycles. The van der Waals surface area contributed by atoms with Crippen LogP contribution in [-0.2, 0) is 90.8 Å². The fourth-order valence-electron chi connectivity index (χ4n) is 16.5. The summed E-state index contributed by atoms with van der Waals surface area (Å²) in [4.78, 5) is 159. The number of hydrogen-bond acceptors (Lipinski definition) is 36. The van der Waals surface area contributed by atoms with Crippen molar-refractivity contribution in [2.75, 3.05) is 0 Å². The Hall–Kier alpha value is -18.4. The topological polar surface area (TPSA) is 895 Å². The molecule has 132 heavy (non-hydrogen) atoms. The van der Waals surface area contributed by atoms with Gasteiger partial charge in [-0.25, -0.2) is 0 Å². The van der Waals surface area contributed by atoms with Crippen LogP contribution in [0.1, 0.15) is 142 Å². The molecule has 0 amide bonds. The third-order valence-electron chi connectivity index (χ3n) is 20.7. The highest BCUT2D eigenvalue weighted by Gasteiger charge is 2.64. The summed E-state index contributed by atoms with van der Waals surface area (Å²) in [7, 11) is -33.2.